The molecule has 2 aromatic rings. The van der Waals surface area contributed by atoms with Crippen LogP contribution in [0.15, 0.2) is 39.6 Å². The van der Waals surface area contributed by atoms with Crippen molar-refractivity contribution in [1.82, 2.24) is 5.32 Å². The maximum Gasteiger partial charge on any atom is 0.341 e. The van der Waals surface area contributed by atoms with Gasteiger partial charge in [0.05, 0.1) is 13.7 Å². The minimum atomic E-state index is -1.08. The van der Waals surface area contributed by atoms with E-state index in [1.54, 1.807) is 43.5 Å². The van der Waals surface area contributed by atoms with Gasteiger partial charge in [-0.15, -0.1) is 0 Å². The highest BCUT2D eigenvalue weighted by atomic mass is 32.2. The van der Waals surface area contributed by atoms with Crippen LogP contribution in [0.5, 0.6) is 0 Å². The lowest BCUT2D eigenvalue weighted by Crippen LogP contribution is -2.22. The van der Waals surface area contributed by atoms with Crippen molar-refractivity contribution in [3.8, 4) is 0 Å². The van der Waals surface area contributed by atoms with Crippen LogP contribution >= 0.6 is 0 Å². The molecule has 0 bridgehead atoms. The maximum absolute atomic E-state index is 12.1. The number of hydrogen-bond acceptors (Lipinski definition) is 5. The standard InChI is InChI=1S/C16H17NO5S/c1-10-14(16(19)21-2)8-12(22-10)9-17-15(18)11-4-6-13(7-5-11)23(3)20/h4-8H,9H2,1-3H3,(H,17,18)/t23-/m0/s1. The van der Waals surface area contributed by atoms with E-state index < -0.39 is 16.8 Å². The second-order valence-corrected chi connectivity index (χ2v) is 6.21. The van der Waals surface area contributed by atoms with Gasteiger partial charge in [0, 0.05) is 27.5 Å². The molecule has 0 spiro atoms. The van der Waals surface area contributed by atoms with Gasteiger partial charge in [-0.25, -0.2) is 4.79 Å². The quantitative estimate of drug-likeness (QED) is 0.845. The number of rotatable bonds is 5. The van der Waals surface area contributed by atoms with Crippen LogP contribution in [-0.4, -0.2) is 29.5 Å². The molecule has 1 heterocycles. The summed E-state index contributed by atoms with van der Waals surface area (Å²) in [5.74, 6) is 0.137. The lowest BCUT2D eigenvalue weighted by atomic mass is 10.2. The molecular formula is C16H17NO5S. The third-order valence-corrected chi connectivity index (χ3v) is 4.18. The van der Waals surface area contributed by atoms with Crippen LogP contribution < -0.4 is 5.32 Å². The van der Waals surface area contributed by atoms with Crippen LogP contribution in [0, 0.1) is 6.92 Å². The van der Waals surface area contributed by atoms with E-state index in [-0.39, 0.29) is 12.5 Å². The van der Waals surface area contributed by atoms with Crippen LogP contribution in [0.3, 0.4) is 0 Å². The van der Waals surface area contributed by atoms with Crippen LogP contribution in [0.25, 0.3) is 0 Å². The Morgan fingerprint density at radius 3 is 2.48 bits per heavy atom. The van der Waals surface area contributed by atoms with Crippen molar-refractivity contribution in [3.63, 3.8) is 0 Å². The molecule has 122 valence electrons. The zero-order valence-corrected chi connectivity index (χ0v) is 13.9. The maximum atomic E-state index is 12.1. The molecule has 0 saturated carbocycles. The minimum absolute atomic E-state index is 0.151. The monoisotopic (exact) mass is 335 g/mol. The van der Waals surface area contributed by atoms with Gasteiger partial charge in [0.15, 0.2) is 0 Å². The van der Waals surface area contributed by atoms with Crippen LogP contribution in [0.4, 0.5) is 0 Å². The molecule has 1 aromatic carbocycles. The Bertz CT molecular complexity index is 748. The Hall–Kier alpha value is -2.41. The summed E-state index contributed by atoms with van der Waals surface area (Å²) >= 11 is 0. The number of nitrogens with one attached hydrogen (secondary N) is 1. The Labute approximate surface area is 136 Å². The van der Waals surface area contributed by atoms with Crippen LogP contribution in [-0.2, 0) is 22.1 Å². The van der Waals surface area contributed by atoms with E-state index >= 15 is 0 Å². The molecule has 1 atom stereocenters. The zero-order chi connectivity index (χ0) is 17.0. The highest BCUT2D eigenvalue weighted by Gasteiger charge is 2.16. The summed E-state index contributed by atoms with van der Waals surface area (Å²) in [6.45, 7) is 1.80. The second-order valence-electron chi connectivity index (χ2n) is 4.84. The topological polar surface area (TPSA) is 85.6 Å². The van der Waals surface area contributed by atoms with Gasteiger partial charge in [-0.1, -0.05) is 0 Å². The smallest absolute Gasteiger partial charge is 0.341 e. The van der Waals surface area contributed by atoms with Crippen molar-refractivity contribution in [3.05, 3.63) is 53.0 Å². The molecule has 1 N–H and O–H groups in total. The summed E-state index contributed by atoms with van der Waals surface area (Å²) in [4.78, 5) is 24.2. The number of aryl methyl sites for hydroxylation is 1. The highest BCUT2D eigenvalue weighted by Crippen LogP contribution is 2.15. The number of hydrogen-bond donors (Lipinski definition) is 1. The second kappa shape index (κ2) is 7.23. The number of ether oxygens (including phenoxy) is 1. The molecule has 0 aliphatic rings. The summed E-state index contributed by atoms with van der Waals surface area (Å²) in [7, 11) is 0.215. The van der Waals surface area contributed by atoms with Crippen molar-refractivity contribution in [1.29, 1.82) is 0 Å². The summed E-state index contributed by atoms with van der Waals surface area (Å²) in [6, 6.07) is 8.07. The average Bonchev–Trinajstić information content (AvgIpc) is 2.92. The normalized spacial score (nSPS) is 11.8. The first-order chi connectivity index (χ1) is 10.9. The van der Waals surface area contributed by atoms with Gasteiger partial charge < -0.3 is 14.5 Å². The summed E-state index contributed by atoms with van der Waals surface area (Å²) in [5.41, 5.74) is 0.794. The number of carbonyl (C=O) groups is 2. The third-order valence-electron chi connectivity index (χ3n) is 3.25. The number of methoxy groups -OCH3 is 1. The highest BCUT2D eigenvalue weighted by molar-refractivity contribution is 7.84. The fourth-order valence-corrected chi connectivity index (χ4v) is 2.53. The lowest BCUT2D eigenvalue weighted by Gasteiger charge is -2.04. The first-order valence-electron chi connectivity index (χ1n) is 6.81. The van der Waals surface area contributed by atoms with Gasteiger partial charge in [0.2, 0.25) is 0 Å². The molecule has 0 fully saturated rings. The van der Waals surface area contributed by atoms with Crippen molar-refractivity contribution in [2.45, 2.75) is 18.4 Å². The van der Waals surface area contributed by atoms with Gasteiger partial charge >= 0.3 is 5.97 Å². The predicted molar refractivity (Wildman–Crippen MR) is 84.7 cm³/mol. The van der Waals surface area contributed by atoms with E-state index in [9.17, 15) is 13.8 Å². The molecule has 7 heteroatoms. The van der Waals surface area contributed by atoms with Crippen molar-refractivity contribution < 1.29 is 23.0 Å². The Morgan fingerprint density at radius 1 is 1.26 bits per heavy atom. The van der Waals surface area contributed by atoms with Gasteiger partial charge in [-0.05, 0) is 37.3 Å². The SMILES string of the molecule is COC(=O)c1cc(CNC(=O)c2ccc([S@](C)=O)cc2)oc1C. The van der Waals surface area contributed by atoms with E-state index in [0.29, 0.717) is 27.5 Å². The van der Waals surface area contributed by atoms with Gasteiger partial charge in [0.25, 0.3) is 5.91 Å². The van der Waals surface area contributed by atoms with Crippen LogP contribution in [0.1, 0.15) is 32.2 Å². The predicted octanol–water partition coefficient (Wildman–Crippen LogP) is 2.04. The van der Waals surface area contributed by atoms with E-state index in [2.05, 4.69) is 10.1 Å². The number of carbonyl (C=O) groups excluding carboxylic acids is 2. The molecule has 0 saturated heterocycles. The zero-order valence-electron chi connectivity index (χ0n) is 13.0. The number of benzene rings is 1. The Kier molecular flexibility index (Phi) is 5.33. The third kappa shape index (κ3) is 4.07. The van der Waals surface area contributed by atoms with E-state index in [4.69, 9.17) is 4.42 Å². The first kappa shape index (κ1) is 17.0. The molecular weight excluding hydrogens is 318 g/mol. The fraction of sp³-hybridized carbons (Fsp3) is 0.250. The number of amides is 1. The molecule has 0 unspecified atom stereocenters. The Balaban J connectivity index is 2.01. The molecule has 6 nitrogen and oxygen atoms in total. The van der Waals surface area contributed by atoms with Crippen molar-refractivity contribution in [2.75, 3.05) is 13.4 Å². The van der Waals surface area contributed by atoms with Crippen molar-refractivity contribution in [2.24, 2.45) is 0 Å². The molecule has 1 amide bonds. The number of furan rings is 1. The summed E-state index contributed by atoms with van der Waals surface area (Å²) in [5, 5.41) is 2.70. The van der Waals surface area contributed by atoms with Gasteiger partial charge in [-0.3, -0.25) is 9.00 Å². The largest absolute Gasteiger partial charge is 0.465 e. The molecule has 1 aromatic heterocycles. The molecule has 23 heavy (non-hydrogen) atoms. The molecule has 0 radical (unpaired) electrons. The first-order valence-corrected chi connectivity index (χ1v) is 8.37. The minimum Gasteiger partial charge on any atom is -0.465 e. The summed E-state index contributed by atoms with van der Waals surface area (Å²) < 4.78 is 21.4. The van der Waals surface area contributed by atoms with E-state index in [0.717, 1.165) is 0 Å². The van der Waals surface area contributed by atoms with E-state index in [1.807, 2.05) is 0 Å². The lowest BCUT2D eigenvalue weighted by molar-refractivity contribution is 0.0598. The molecule has 0 aliphatic carbocycles. The fourth-order valence-electron chi connectivity index (χ4n) is 2.01. The molecule has 0 aliphatic heterocycles. The van der Waals surface area contributed by atoms with Gasteiger partial charge in [-0.2, -0.15) is 0 Å². The van der Waals surface area contributed by atoms with Crippen molar-refractivity contribution >= 4 is 22.7 Å². The van der Waals surface area contributed by atoms with Crippen LogP contribution in [0.2, 0.25) is 0 Å². The van der Waals surface area contributed by atoms with Gasteiger partial charge in [0.1, 0.15) is 17.1 Å². The van der Waals surface area contributed by atoms with E-state index in [1.165, 1.54) is 7.11 Å². The Morgan fingerprint density at radius 2 is 1.91 bits per heavy atom. The summed E-state index contributed by atoms with van der Waals surface area (Å²) in [6.07, 6.45) is 1.58. The number of esters is 1. The average molecular weight is 335 g/mol. The molecule has 2 rings (SSSR count).